The number of likely N-dealkylation sites (tertiary alicyclic amines) is 1. The summed E-state index contributed by atoms with van der Waals surface area (Å²) in [6.07, 6.45) is -0.779. The molecule has 0 spiro atoms. The van der Waals surface area contributed by atoms with E-state index < -0.39 is 11.7 Å². The summed E-state index contributed by atoms with van der Waals surface area (Å²) in [5, 5.41) is 5.19. The van der Waals surface area contributed by atoms with E-state index in [4.69, 9.17) is 0 Å². The van der Waals surface area contributed by atoms with Crippen molar-refractivity contribution in [3.05, 3.63) is 40.9 Å². The van der Waals surface area contributed by atoms with E-state index in [2.05, 4.69) is 22.1 Å². The monoisotopic (exact) mass is 411 g/mol. The first-order valence-corrected chi connectivity index (χ1v) is 10.4. The van der Waals surface area contributed by atoms with Gasteiger partial charge in [0.15, 0.2) is 0 Å². The summed E-state index contributed by atoms with van der Waals surface area (Å²) in [5.74, 6) is -0.109. The quantitative estimate of drug-likeness (QED) is 0.768. The third-order valence-corrected chi connectivity index (χ3v) is 5.96. The topological polar surface area (TPSA) is 45.2 Å². The summed E-state index contributed by atoms with van der Waals surface area (Å²) >= 11 is 1.25. The van der Waals surface area contributed by atoms with E-state index in [9.17, 15) is 18.0 Å². The Morgan fingerprint density at radius 3 is 2.93 bits per heavy atom. The van der Waals surface area contributed by atoms with E-state index in [1.165, 1.54) is 30.2 Å². The lowest BCUT2D eigenvalue weighted by Gasteiger charge is -2.34. The fraction of sp³-hybridized carbons (Fsp3) is 0.500. The Kier molecular flexibility index (Phi) is 6.72. The van der Waals surface area contributed by atoms with Crippen molar-refractivity contribution in [1.82, 2.24) is 15.2 Å². The van der Waals surface area contributed by atoms with Gasteiger partial charge in [-0.3, -0.25) is 9.69 Å². The molecule has 0 bridgehead atoms. The Hall–Kier alpha value is -1.93. The van der Waals surface area contributed by atoms with Crippen LogP contribution in [0.15, 0.2) is 29.6 Å². The molecule has 1 saturated heterocycles. The van der Waals surface area contributed by atoms with Crippen molar-refractivity contribution < 1.29 is 18.0 Å². The van der Waals surface area contributed by atoms with Crippen molar-refractivity contribution in [2.45, 2.75) is 44.8 Å². The number of carbonyl (C=O) groups is 1. The van der Waals surface area contributed by atoms with Crippen molar-refractivity contribution in [3.63, 3.8) is 0 Å². The highest BCUT2D eigenvalue weighted by Crippen LogP contribution is 2.33. The maximum Gasteiger partial charge on any atom is 0.416 e. The highest BCUT2D eigenvalue weighted by molar-refractivity contribution is 7.13. The number of carbonyl (C=O) groups excluding carboxylic acids is 1. The molecule has 1 unspecified atom stereocenters. The number of rotatable bonds is 6. The number of likely N-dealkylation sites (N-methyl/N-ethyl adjacent to an activating group) is 1. The maximum atomic E-state index is 12.9. The average Bonchev–Trinajstić information content (AvgIpc) is 3.14. The summed E-state index contributed by atoms with van der Waals surface area (Å²) in [4.78, 5) is 19.0. The Labute approximate surface area is 166 Å². The Balaban J connectivity index is 1.58. The van der Waals surface area contributed by atoms with Crippen LogP contribution in [0.4, 0.5) is 13.2 Å². The number of amides is 1. The van der Waals surface area contributed by atoms with Gasteiger partial charge in [0.25, 0.3) is 0 Å². The van der Waals surface area contributed by atoms with Crippen LogP contribution in [0.3, 0.4) is 0 Å². The molecule has 152 valence electrons. The van der Waals surface area contributed by atoms with Gasteiger partial charge < -0.3 is 5.32 Å². The summed E-state index contributed by atoms with van der Waals surface area (Å²) in [7, 11) is 0. The van der Waals surface area contributed by atoms with Crippen LogP contribution in [0.2, 0.25) is 0 Å². The molecule has 1 atom stereocenters. The standard InChI is InChI=1S/C20H24F3N3OS/c1-2-26-9-4-3-8-17(26)12-24-18(27)11-16-13-28-19(25-16)14-6-5-7-15(10-14)20(21,22)23/h5-7,10,13,17H,2-4,8-9,11-12H2,1H3,(H,24,27). The highest BCUT2D eigenvalue weighted by Gasteiger charge is 2.30. The zero-order valence-corrected chi connectivity index (χ0v) is 16.6. The van der Waals surface area contributed by atoms with Crippen molar-refractivity contribution >= 4 is 17.2 Å². The van der Waals surface area contributed by atoms with Gasteiger partial charge in [0, 0.05) is 23.5 Å². The Morgan fingerprint density at radius 1 is 1.36 bits per heavy atom. The molecule has 1 aromatic carbocycles. The van der Waals surface area contributed by atoms with Crippen molar-refractivity contribution in [2.24, 2.45) is 0 Å². The number of benzene rings is 1. The number of halogens is 3. The van der Waals surface area contributed by atoms with Crippen LogP contribution in [-0.2, 0) is 17.4 Å². The van der Waals surface area contributed by atoms with Crippen LogP contribution in [0.5, 0.6) is 0 Å². The Bertz CT molecular complexity index is 806. The molecule has 2 aromatic rings. The molecule has 1 N–H and O–H groups in total. The molecule has 1 fully saturated rings. The Morgan fingerprint density at radius 2 is 2.18 bits per heavy atom. The predicted molar refractivity (Wildman–Crippen MR) is 104 cm³/mol. The number of piperidine rings is 1. The van der Waals surface area contributed by atoms with Crippen molar-refractivity contribution in [3.8, 4) is 10.6 Å². The summed E-state index contributed by atoms with van der Waals surface area (Å²) < 4.78 is 38.6. The first kappa shape index (κ1) is 20.8. The molecule has 4 nitrogen and oxygen atoms in total. The third-order valence-electron chi connectivity index (χ3n) is 5.02. The second kappa shape index (κ2) is 9.05. The molecular formula is C20H24F3N3OS. The van der Waals surface area contributed by atoms with Gasteiger partial charge >= 0.3 is 6.18 Å². The second-order valence-corrected chi connectivity index (χ2v) is 7.84. The molecule has 8 heteroatoms. The van der Waals surface area contributed by atoms with Crippen LogP contribution in [0.25, 0.3) is 10.6 Å². The lowest BCUT2D eigenvalue weighted by molar-refractivity contribution is -0.137. The van der Waals surface area contributed by atoms with Crippen LogP contribution >= 0.6 is 11.3 Å². The molecular weight excluding hydrogens is 387 g/mol. The number of hydrogen-bond acceptors (Lipinski definition) is 4. The molecule has 3 rings (SSSR count). The minimum absolute atomic E-state index is 0.109. The number of hydrogen-bond donors (Lipinski definition) is 1. The molecule has 2 heterocycles. The van der Waals surface area contributed by atoms with E-state index in [0.717, 1.165) is 31.6 Å². The van der Waals surface area contributed by atoms with Crippen LogP contribution in [0, 0.1) is 0 Å². The number of aromatic nitrogens is 1. The average molecular weight is 411 g/mol. The third kappa shape index (κ3) is 5.32. The second-order valence-electron chi connectivity index (χ2n) is 6.98. The minimum Gasteiger partial charge on any atom is -0.354 e. The van der Waals surface area contributed by atoms with Gasteiger partial charge in [0.2, 0.25) is 5.91 Å². The molecule has 1 aromatic heterocycles. The number of nitrogens with one attached hydrogen (secondary N) is 1. The van der Waals surface area contributed by atoms with E-state index in [0.29, 0.717) is 28.9 Å². The minimum atomic E-state index is -4.39. The van der Waals surface area contributed by atoms with Crippen LogP contribution in [0.1, 0.15) is 37.4 Å². The van der Waals surface area contributed by atoms with Gasteiger partial charge in [-0.25, -0.2) is 4.98 Å². The first-order chi connectivity index (χ1) is 13.4. The van der Waals surface area contributed by atoms with Crippen LogP contribution < -0.4 is 5.32 Å². The number of nitrogens with zero attached hydrogens (tertiary/aromatic N) is 2. The summed E-state index contributed by atoms with van der Waals surface area (Å²) in [5.41, 5.74) is 0.283. The highest BCUT2D eigenvalue weighted by atomic mass is 32.1. The van der Waals surface area contributed by atoms with E-state index in [1.54, 1.807) is 11.4 Å². The number of alkyl halides is 3. The normalized spacial score (nSPS) is 18.2. The van der Waals surface area contributed by atoms with Gasteiger partial charge in [0.1, 0.15) is 5.01 Å². The van der Waals surface area contributed by atoms with Crippen LogP contribution in [-0.4, -0.2) is 41.5 Å². The number of thiazole rings is 1. The lowest BCUT2D eigenvalue weighted by atomic mass is 10.0. The van der Waals surface area contributed by atoms with E-state index in [1.807, 2.05) is 0 Å². The SMILES string of the molecule is CCN1CCCCC1CNC(=O)Cc1csc(-c2cccc(C(F)(F)F)c2)n1. The first-order valence-electron chi connectivity index (χ1n) is 9.49. The molecule has 1 amide bonds. The lowest BCUT2D eigenvalue weighted by Crippen LogP contribution is -2.46. The predicted octanol–water partition coefficient (Wildman–Crippen LogP) is 4.36. The maximum absolute atomic E-state index is 12.9. The largest absolute Gasteiger partial charge is 0.416 e. The van der Waals surface area contributed by atoms with Gasteiger partial charge in [-0.2, -0.15) is 13.2 Å². The molecule has 28 heavy (non-hydrogen) atoms. The molecule has 0 saturated carbocycles. The van der Waals surface area contributed by atoms with Gasteiger partial charge in [0.05, 0.1) is 17.7 Å². The molecule has 0 radical (unpaired) electrons. The van der Waals surface area contributed by atoms with Gasteiger partial charge in [-0.05, 0) is 38.1 Å². The zero-order valence-electron chi connectivity index (χ0n) is 15.8. The molecule has 1 aliphatic rings. The zero-order chi connectivity index (χ0) is 20.1. The molecule has 1 aliphatic heterocycles. The van der Waals surface area contributed by atoms with Gasteiger partial charge in [-0.15, -0.1) is 11.3 Å². The fourth-order valence-corrected chi connectivity index (χ4v) is 4.33. The van der Waals surface area contributed by atoms with Crippen molar-refractivity contribution in [1.29, 1.82) is 0 Å². The van der Waals surface area contributed by atoms with Gasteiger partial charge in [-0.1, -0.05) is 25.5 Å². The van der Waals surface area contributed by atoms with E-state index in [-0.39, 0.29) is 12.3 Å². The molecule has 0 aliphatic carbocycles. The summed E-state index contributed by atoms with van der Waals surface area (Å²) in [6.45, 7) is 4.80. The smallest absolute Gasteiger partial charge is 0.354 e. The summed E-state index contributed by atoms with van der Waals surface area (Å²) in [6, 6.07) is 5.47. The van der Waals surface area contributed by atoms with E-state index >= 15 is 0 Å². The van der Waals surface area contributed by atoms with Crippen molar-refractivity contribution in [2.75, 3.05) is 19.6 Å². The fourth-order valence-electron chi connectivity index (χ4n) is 3.52.